The molecule has 18 heavy (non-hydrogen) atoms. The number of ether oxygens (including phenoxy) is 2. The molecule has 0 aromatic rings. The first kappa shape index (κ1) is 11.1. The van der Waals surface area contributed by atoms with E-state index >= 15 is 0 Å². The summed E-state index contributed by atoms with van der Waals surface area (Å²) in [5.74, 6) is -9.68. The monoisotopic (exact) mass is 268 g/mol. The van der Waals surface area contributed by atoms with Gasteiger partial charge in [-0.2, -0.15) is 0 Å². The molecule has 0 radical (unpaired) electrons. The van der Waals surface area contributed by atoms with Crippen molar-refractivity contribution in [3.05, 3.63) is 0 Å². The van der Waals surface area contributed by atoms with Gasteiger partial charge in [0, 0.05) is 0 Å². The van der Waals surface area contributed by atoms with E-state index in [1.807, 2.05) is 0 Å². The Hall–Kier alpha value is -2.00. The SMILES string of the molecule is O=C1OC(=O)C2(F)C1(F)C1(F)C(=O)OC(=O)C21F. The molecule has 3 fully saturated rings. The maximum Gasteiger partial charge on any atom is 0.360 e. The van der Waals surface area contributed by atoms with Crippen molar-refractivity contribution in [2.75, 3.05) is 0 Å². The third kappa shape index (κ3) is 0.543. The summed E-state index contributed by atoms with van der Waals surface area (Å²) in [6.07, 6.45) is 0. The Morgan fingerprint density at radius 1 is 0.556 bits per heavy atom. The Morgan fingerprint density at radius 2 is 0.722 bits per heavy atom. The molecule has 6 nitrogen and oxygen atoms in total. The molecule has 0 amide bonds. The summed E-state index contributed by atoms with van der Waals surface area (Å²) in [5, 5.41) is 0. The van der Waals surface area contributed by atoms with Gasteiger partial charge in [-0.1, -0.05) is 0 Å². The molecule has 2 heterocycles. The first-order valence-electron chi connectivity index (χ1n) is 4.39. The summed E-state index contributed by atoms with van der Waals surface area (Å²) in [6.45, 7) is 0. The summed E-state index contributed by atoms with van der Waals surface area (Å²) in [4.78, 5) is 43.7. The second kappa shape index (κ2) is 2.27. The number of cyclic esters (lactones) is 4. The lowest BCUT2D eigenvalue weighted by atomic mass is 9.50. The normalized spacial score (nSPS) is 53.6. The number of hydrogen-bond acceptors (Lipinski definition) is 6. The van der Waals surface area contributed by atoms with Crippen LogP contribution in [0.25, 0.3) is 0 Å². The number of fused-ring (bicyclic) bond motifs is 4. The lowest BCUT2D eigenvalue weighted by molar-refractivity contribution is -0.277. The Labute approximate surface area is 93.8 Å². The average molecular weight is 268 g/mol. The molecule has 3 aliphatic rings. The van der Waals surface area contributed by atoms with Gasteiger partial charge in [0.1, 0.15) is 0 Å². The zero-order chi connectivity index (χ0) is 13.7. The molecular formula is C8F4O6. The molecule has 0 bridgehead atoms. The number of carbonyl (C=O) groups excluding carboxylic acids is 4. The van der Waals surface area contributed by atoms with Crippen LogP contribution in [0.4, 0.5) is 17.6 Å². The second-order valence-electron chi connectivity index (χ2n) is 3.99. The molecule has 0 atom stereocenters. The van der Waals surface area contributed by atoms with Crippen molar-refractivity contribution in [3.63, 3.8) is 0 Å². The van der Waals surface area contributed by atoms with E-state index in [2.05, 4.69) is 9.47 Å². The van der Waals surface area contributed by atoms with E-state index in [9.17, 15) is 36.7 Å². The molecule has 96 valence electrons. The number of halogens is 4. The maximum atomic E-state index is 14.0. The van der Waals surface area contributed by atoms with E-state index in [1.54, 1.807) is 0 Å². The van der Waals surface area contributed by atoms with Gasteiger partial charge in [-0.25, -0.2) is 36.7 Å². The lowest BCUT2D eigenvalue weighted by Crippen LogP contribution is -2.91. The smallest absolute Gasteiger partial charge is 0.360 e. The number of esters is 4. The summed E-state index contributed by atoms with van der Waals surface area (Å²) in [6, 6.07) is 0. The van der Waals surface area contributed by atoms with Gasteiger partial charge in [0.05, 0.1) is 0 Å². The lowest BCUT2D eigenvalue weighted by Gasteiger charge is -2.51. The first-order valence-corrected chi connectivity index (χ1v) is 4.39. The van der Waals surface area contributed by atoms with Crippen LogP contribution in [-0.2, 0) is 28.7 Å². The average Bonchev–Trinajstić information content (AvgIpc) is 2.57. The number of hydrogen-bond donors (Lipinski definition) is 0. The van der Waals surface area contributed by atoms with Crippen molar-refractivity contribution in [3.8, 4) is 0 Å². The first-order chi connectivity index (χ1) is 8.10. The minimum Gasteiger partial charge on any atom is -0.388 e. The second-order valence-corrected chi connectivity index (χ2v) is 3.99. The largest absolute Gasteiger partial charge is 0.388 e. The van der Waals surface area contributed by atoms with Gasteiger partial charge in [-0.3, -0.25) is 0 Å². The van der Waals surface area contributed by atoms with Crippen LogP contribution in [0, 0.1) is 0 Å². The van der Waals surface area contributed by atoms with Crippen molar-refractivity contribution in [1.82, 2.24) is 0 Å². The van der Waals surface area contributed by atoms with Crippen molar-refractivity contribution in [1.29, 1.82) is 0 Å². The number of carbonyl (C=O) groups is 4. The molecule has 10 heteroatoms. The Bertz CT molecular complexity index is 462. The van der Waals surface area contributed by atoms with E-state index in [4.69, 9.17) is 0 Å². The zero-order valence-electron chi connectivity index (χ0n) is 7.96. The van der Waals surface area contributed by atoms with Crippen LogP contribution in [-0.4, -0.2) is 46.6 Å². The van der Waals surface area contributed by atoms with Crippen molar-refractivity contribution < 1.29 is 46.2 Å². The standard InChI is InChI=1S/C8F4O6/c9-5-1(13)17-2(14)6(5,10)8(12)4(16)18-3(15)7(5,8)11. The highest BCUT2D eigenvalue weighted by Crippen LogP contribution is 2.72. The fourth-order valence-electron chi connectivity index (χ4n) is 2.46. The quantitative estimate of drug-likeness (QED) is 0.318. The molecule has 1 saturated carbocycles. The highest BCUT2D eigenvalue weighted by Gasteiger charge is 3.11. The predicted octanol–water partition coefficient (Wildman–Crippen LogP) is -1.00. The van der Waals surface area contributed by atoms with Gasteiger partial charge in [0.15, 0.2) is 0 Å². The van der Waals surface area contributed by atoms with Gasteiger partial charge in [0.2, 0.25) is 0 Å². The molecule has 2 saturated heterocycles. The van der Waals surface area contributed by atoms with Gasteiger partial charge in [-0.15, -0.1) is 0 Å². The van der Waals surface area contributed by atoms with Gasteiger partial charge in [0.25, 0.3) is 0 Å². The van der Waals surface area contributed by atoms with Crippen LogP contribution in [0.15, 0.2) is 0 Å². The van der Waals surface area contributed by atoms with Crippen molar-refractivity contribution in [2.24, 2.45) is 0 Å². The van der Waals surface area contributed by atoms with Crippen LogP contribution in [0.5, 0.6) is 0 Å². The molecule has 1 aliphatic carbocycles. The van der Waals surface area contributed by atoms with E-state index in [0.29, 0.717) is 0 Å². The van der Waals surface area contributed by atoms with Gasteiger partial charge >= 0.3 is 46.6 Å². The molecule has 0 N–H and O–H groups in total. The summed E-state index contributed by atoms with van der Waals surface area (Å²) >= 11 is 0. The van der Waals surface area contributed by atoms with Crippen LogP contribution in [0.1, 0.15) is 0 Å². The van der Waals surface area contributed by atoms with Crippen LogP contribution in [0.2, 0.25) is 0 Å². The topological polar surface area (TPSA) is 86.7 Å². The maximum absolute atomic E-state index is 14.0. The van der Waals surface area contributed by atoms with Crippen LogP contribution >= 0.6 is 0 Å². The predicted molar refractivity (Wildman–Crippen MR) is 37.6 cm³/mol. The highest BCUT2D eigenvalue weighted by atomic mass is 19.2. The minimum atomic E-state index is -4.56. The van der Waals surface area contributed by atoms with E-state index in [1.165, 1.54) is 0 Å². The third-order valence-electron chi connectivity index (χ3n) is 3.39. The molecule has 0 spiro atoms. The van der Waals surface area contributed by atoms with E-state index in [0.717, 1.165) is 0 Å². The zero-order valence-corrected chi connectivity index (χ0v) is 7.96. The van der Waals surface area contributed by atoms with E-state index in [-0.39, 0.29) is 0 Å². The van der Waals surface area contributed by atoms with Gasteiger partial charge in [-0.05, 0) is 0 Å². The van der Waals surface area contributed by atoms with Gasteiger partial charge < -0.3 is 9.47 Å². The van der Waals surface area contributed by atoms with Crippen molar-refractivity contribution >= 4 is 23.9 Å². The van der Waals surface area contributed by atoms with Crippen LogP contribution in [0.3, 0.4) is 0 Å². The third-order valence-corrected chi connectivity index (χ3v) is 3.39. The molecule has 0 aromatic heterocycles. The van der Waals surface area contributed by atoms with E-state index < -0.39 is 46.6 Å². The fourth-order valence-corrected chi connectivity index (χ4v) is 2.46. The Morgan fingerprint density at radius 3 is 0.889 bits per heavy atom. The molecule has 3 rings (SSSR count). The minimum absolute atomic E-state index is 2.42. The number of rotatable bonds is 0. The summed E-state index contributed by atoms with van der Waals surface area (Å²) in [5.41, 5.74) is -18.2. The molecular weight excluding hydrogens is 268 g/mol. The van der Waals surface area contributed by atoms with Crippen LogP contribution < -0.4 is 0 Å². The summed E-state index contributed by atoms with van der Waals surface area (Å²) < 4.78 is 62.9. The Kier molecular flexibility index (Phi) is 1.40. The molecule has 0 unspecified atom stereocenters. The highest BCUT2D eigenvalue weighted by molar-refractivity contribution is 6.25. The van der Waals surface area contributed by atoms with Crippen molar-refractivity contribution in [2.45, 2.75) is 22.7 Å². The number of alkyl halides is 4. The Balaban J connectivity index is 2.38. The molecule has 2 aliphatic heterocycles. The summed E-state index contributed by atoms with van der Waals surface area (Å²) in [7, 11) is 0. The molecule has 0 aromatic carbocycles. The fraction of sp³-hybridized carbons (Fsp3) is 0.500.